The number of halogens is 2. The zero-order valence-electron chi connectivity index (χ0n) is 12.8. The topological polar surface area (TPSA) is 113 Å². The number of sulfone groups is 1. The largest absolute Gasteiger partial charge is 0.461 e. The van der Waals surface area contributed by atoms with Gasteiger partial charge < -0.3 is 4.74 Å². The molecule has 1 heterocycles. The van der Waals surface area contributed by atoms with Crippen LogP contribution in [0.15, 0.2) is 34.2 Å². The van der Waals surface area contributed by atoms with Gasteiger partial charge in [-0.05, 0) is 31.2 Å². The lowest BCUT2D eigenvalue weighted by atomic mass is 10.2. The van der Waals surface area contributed by atoms with E-state index in [2.05, 4.69) is 10.2 Å². The molecule has 130 valence electrons. The first-order valence-electron chi connectivity index (χ1n) is 6.83. The normalized spacial score (nSPS) is 11.8. The van der Waals surface area contributed by atoms with E-state index in [9.17, 15) is 18.5 Å². The first-order valence-corrected chi connectivity index (χ1v) is 9.07. The molecular weight excluding hydrogens is 389 g/mol. The van der Waals surface area contributed by atoms with E-state index < -0.39 is 20.7 Å². The summed E-state index contributed by atoms with van der Waals surface area (Å²) in [5.74, 6) is -0.721. The molecule has 1 N–H and O–H groups in total. The zero-order valence-corrected chi connectivity index (χ0v) is 15.1. The number of H-pyrrole nitrogens is 1. The average Bonchev–Trinajstić information content (AvgIpc) is 3.03. The second kappa shape index (κ2) is 7.70. The third-order valence-corrected chi connectivity index (χ3v) is 5.40. The van der Waals surface area contributed by atoms with Gasteiger partial charge in [0, 0.05) is 10.6 Å². The number of nitrogens with one attached hydrogen (secondary N) is 1. The third kappa shape index (κ3) is 4.02. The molecule has 0 radical (unpaired) electrons. The maximum atomic E-state index is 12.7. The summed E-state index contributed by atoms with van der Waals surface area (Å²) >= 11 is 11.7. The van der Waals surface area contributed by atoms with Crippen LogP contribution < -0.4 is 0 Å². The van der Waals surface area contributed by atoms with Gasteiger partial charge in [-0.15, -0.1) is 0 Å². The highest BCUT2D eigenvalue weighted by atomic mass is 35.5. The lowest BCUT2D eigenvalue weighted by molar-refractivity contribution is 0.0519. The van der Waals surface area contributed by atoms with Crippen LogP contribution in [0.3, 0.4) is 0 Å². The molecule has 0 spiro atoms. The number of rotatable bonds is 5. The second-order valence-electron chi connectivity index (χ2n) is 4.62. The Morgan fingerprint density at radius 2 is 2.16 bits per heavy atom. The standard InChI is InChI=1S/C15H11Cl2N3O4S/c1-2-24-15(21)14-9(8-19-20-14)5-11(7-18)25(22,23)13-6-10(16)3-4-12(13)17/h3-6,8H,2H2,1H3,(H,19,20)/b11-5+. The molecule has 2 rings (SSSR count). The Hall–Kier alpha value is -2.34. The van der Waals surface area contributed by atoms with E-state index in [1.54, 1.807) is 13.0 Å². The van der Waals surface area contributed by atoms with Crippen LogP contribution >= 0.6 is 23.2 Å². The van der Waals surface area contributed by atoms with Crippen molar-refractivity contribution in [2.75, 3.05) is 6.61 Å². The van der Waals surface area contributed by atoms with Gasteiger partial charge in [-0.25, -0.2) is 13.2 Å². The van der Waals surface area contributed by atoms with Crippen molar-refractivity contribution in [3.05, 3.63) is 50.6 Å². The molecule has 0 aliphatic rings. The fraction of sp³-hybridized carbons (Fsp3) is 0.133. The molecule has 25 heavy (non-hydrogen) atoms. The van der Waals surface area contributed by atoms with Crippen molar-refractivity contribution >= 4 is 45.1 Å². The Kier molecular flexibility index (Phi) is 5.85. The molecule has 1 aromatic heterocycles. The Bertz CT molecular complexity index is 990. The Balaban J connectivity index is 2.55. The highest BCUT2D eigenvalue weighted by Crippen LogP contribution is 2.30. The summed E-state index contributed by atoms with van der Waals surface area (Å²) in [6.07, 6.45) is 2.22. The predicted octanol–water partition coefficient (Wildman–Crippen LogP) is 3.23. The molecule has 0 fully saturated rings. The first-order chi connectivity index (χ1) is 11.8. The zero-order chi connectivity index (χ0) is 18.6. The van der Waals surface area contributed by atoms with Crippen LogP contribution in [0.2, 0.25) is 10.0 Å². The fourth-order valence-electron chi connectivity index (χ4n) is 1.88. The van der Waals surface area contributed by atoms with Crippen molar-refractivity contribution in [2.24, 2.45) is 0 Å². The number of nitriles is 1. The van der Waals surface area contributed by atoms with Gasteiger partial charge in [0.15, 0.2) is 5.69 Å². The van der Waals surface area contributed by atoms with Crippen molar-refractivity contribution in [1.29, 1.82) is 5.26 Å². The van der Waals surface area contributed by atoms with Gasteiger partial charge in [0.2, 0.25) is 9.84 Å². The molecule has 0 atom stereocenters. The highest BCUT2D eigenvalue weighted by molar-refractivity contribution is 7.95. The van der Waals surface area contributed by atoms with E-state index in [-0.39, 0.29) is 32.8 Å². The molecule has 0 bridgehead atoms. The van der Waals surface area contributed by atoms with Gasteiger partial charge in [-0.2, -0.15) is 10.4 Å². The smallest absolute Gasteiger partial charge is 0.356 e. The van der Waals surface area contributed by atoms with E-state index in [1.165, 1.54) is 18.3 Å². The van der Waals surface area contributed by atoms with Crippen LogP contribution in [-0.4, -0.2) is 31.2 Å². The lowest BCUT2D eigenvalue weighted by Gasteiger charge is -2.06. The van der Waals surface area contributed by atoms with Crippen LogP contribution in [0.5, 0.6) is 0 Å². The number of hydrogen-bond donors (Lipinski definition) is 1. The molecule has 0 aliphatic carbocycles. The van der Waals surface area contributed by atoms with Crippen LogP contribution in [-0.2, 0) is 14.6 Å². The number of carbonyl (C=O) groups excluding carboxylic acids is 1. The molecule has 0 amide bonds. The lowest BCUT2D eigenvalue weighted by Crippen LogP contribution is -2.08. The third-order valence-electron chi connectivity index (χ3n) is 3.02. The Morgan fingerprint density at radius 1 is 1.44 bits per heavy atom. The van der Waals surface area contributed by atoms with Crippen molar-refractivity contribution in [3.8, 4) is 6.07 Å². The monoisotopic (exact) mass is 399 g/mol. The maximum absolute atomic E-state index is 12.7. The second-order valence-corrected chi connectivity index (χ2v) is 7.35. The van der Waals surface area contributed by atoms with E-state index in [4.69, 9.17) is 27.9 Å². The summed E-state index contributed by atoms with van der Waals surface area (Å²) in [5.41, 5.74) is 0.0266. The van der Waals surface area contributed by atoms with E-state index in [0.717, 1.165) is 12.1 Å². The minimum absolute atomic E-state index is 0.0676. The van der Waals surface area contributed by atoms with Crippen molar-refractivity contribution in [3.63, 3.8) is 0 Å². The summed E-state index contributed by atoms with van der Waals surface area (Å²) in [6, 6.07) is 5.48. The maximum Gasteiger partial charge on any atom is 0.356 e. The number of allylic oxidation sites excluding steroid dienone is 1. The van der Waals surface area contributed by atoms with Crippen LogP contribution in [0.25, 0.3) is 6.08 Å². The van der Waals surface area contributed by atoms with E-state index in [1.807, 2.05) is 0 Å². The van der Waals surface area contributed by atoms with Gasteiger partial charge >= 0.3 is 5.97 Å². The molecule has 2 aromatic rings. The summed E-state index contributed by atoms with van der Waals surface area (Å²) in [7, 11) is -4.25. The van der Waals surface area contributed by atoms with Gasteiger partial charge in [-0.1, -0.05) is 23.2 Å². The highest BCUT2D eigenvalue weighted by Gasteiger charge is 2.25. The summed E-state index contributed by atoms with van der Waals surface area (Å²) in [6.45, 7) is 1.75. The average molecular weight is 400 g/mol. The number of aromatic amines is 1. The number of esters is 1. The molecule has 0 unspecified atom stereocenters. The molecule has 10 heteroatoms. The molecule has 0 saturated carbocycles. The Labute approximate surface area is 153 Å². The van der Waals surface area contributed by atoms with Gasteiger partial charge in [0.1, 0.15) is 11.0 Å². The van der Waals surface area contributed by atoms with E-state index in [0.29, 0.717) is 0 Å². The summed E-state index contributed by atoms with van der Waals surface area (Å²) in [4.78, 5) is 10.9. The van der Waals surface area contributed by atoms with Crippen molar-refractivity contribution in [2.45, 2.75) is 11.8 Å². The molecule has 0 aliphatic heterocycles. The number of benzene rings is 1. The molecule has 1 aromatic carbocycles. The number of carbonyl (C=O) groups is 1. The van der Waals surface area contributed by atoms with E-state index >= 15 is 0 Å². The van der Waals surface area contributed by atoms with Gasteiger partial charge in [0.05, 0.1) is 22.7 Å². The molecule has 7 nitrogen and oxygen atoms in total. The minimum atomic E-state index is -4.25. The number of aromatic nitrogens is 2. The van der Waals surface area contributed by atoms with Crippen molar-refractivity contribution < 1.29 is 17.9 Å². The number of hydrogen-bond acceptors (Lipinski definition) is 6. The van der Waals surface area contributed by atoms with Crippen LogP contribution in [0, 0.1) is 11.3 Å². The van der Waals surface area contributed by atoms with Crippen molar-refractivity contribution in [1.82, 2.24) is 10.2 Å². The first kappa shape index (κ1) is 19.0. The predicted molar refractivity (Wildman–Crippen MR) is 91.8 cm³/mol. The van der Waals surface area contributed by atoms with Gasteiger partial charge in [-0.3, -0.25) is 5.10 Å². The van der Waals surface area contributed by atoms with Gasteiger partial charge in [0.25, 0.3) is 0 Å². The van der Waals surface area contributed by atoms with Crippen LogP contribution in [0.1, 0.15) is 23.0 Å². The summed E-state index contributed by atoms with van der Waals surface area (Å²) in [5, 5.41) is 15.5. The molecular formula is C15H11Cl2N3O4S. The molecule has 0 saturated heterocycles. The Morgan fingerprint density at radius 3 is 2.80 bits per heavy atom. The SMILES string of the molecule is CCOC(=O)c1[nH]ncc1/C=C(\C#N)S(=O)(=O)c1cc(Cl)ccc1Cl. The van der Waals surface area contributed by atoms with Crippen LogP contribution in [0.4, 0.5) is 0 Å². The number of ether oxygens (including phenoxy) is 1. The quantitative estimate of drug-likeness (QED) is 0.609. The fourth-order valence-corrected chi connectivity index (χ4v) is 3.79. The summed E-state index contributed by atoms with van der Waals surface area (Å²) < 4.78 is 30.2. The minimum Gasteiger partial charge on any atom is -0.461 e. The number of nitrogens with zero attached hydrogens (tertiary/aromatic N) is 2.